The second-order valence-corrected chi connectivity index (χ2v) is 4.52. The molecular formula is C18H40. The van der Waals surface area contributed by atoms with Crippen LogP contribution in [-0.4, -0.2) is 0 Å². The number of allylic oxidation sites excluding steroid dienone is 2. The Labute approximate surface area is 118 Å². The molecule has 0 aliphatic heterocycles. The van der Waals surface area contributed by atoms with Gasteiger partial charge in [0.25, 0.3) is 0 Å². The van der Waals surface area contributed by atoms with Gasteiger partial charge in [-0.15, -0.1) is 0 Å². The predicted octanol–water partition coefficient (Wildman–Crippen LogP) is 7.25. The molecule has 0 bridgehead atoms. The van der Waals surface area contributed by atoms with Crippen molar-refractivity contribution in [2.24, 2.45) is 11.8 Å². The first-order valence-electron chi connectivity index (χ1n) is 8.35. The molecule has 0 atom stereocenters. The summed E-state index contributed by atoms with van der Waals surface area (Å²) in [6, 6.07) is 0. The van der Waals surface area contributed by atoms with Crippen molar-refractivity contribution in [3.8, 4) is 0 Å². The second-order valence-electron chi connectivity index (χ2n) is 4.52. The fourth-order valence-electron chi connectivity index (χ4n) is 1.56. The first-order valence-corrected chi connectivity index (χ1v) is 8.35. The maximum atomic E-state index is 2.31. The van der Waals surface area contributed by atoms with E-state index < -0.39 is 0 Å². The number of hydrogen-bond donors (Lipinski definition) is 0. The topological polar surface area (TPSA) is 0 Å². The fourth-order valence-corrected chi connectivity index (χ4v) is 1.56. The van der Waals surface area contributed by atoms with E-state index in [2.05, 4.69) is 39.8 Å². The van der Waals surface area contributed by atoms with Crippen LogP contribution in [0.15, 0.2) is 12.2 Å². The molecular weight excluding hydrogens is 216 g/mol. The van der Waals surface area contributed by atoms with Crippen molar-refractivity contribution >= 4 is 0 Å². The normalized spacial score (nSPS) is 13.6. The van der Waals surface area contributed by atoms with Crippen molar-refractivity contribution in [3.63, 3.8) is 0 Å². The van der Waals surface area contributed by atoms with Gasteiger partial charge in [0.15, 0.2) is 0 Å². The standard InChI is InChI=1S/C9H18.C5H10.2C2H6/c1-4-7-8-9(5-2)6-3;1-5-3-2-4-5;2*1-2/h4,7,9H,5-6,8H2,1-3H3;5H,2-4H2,1H3;2*1-2H3/b7-4+;;;. The monoisotopic (exact) mass is 256 g/mol. The molecule has 0 aromatic heterocycles. The maximum Gasteiger partial charge on any atom is -0.0323 e. The van der Waals surface area contributed by atoms with E-state index in [1.54, 1.807) is 0 Å². The van der Waals surface area contributed by atoms with E-state index in [9.17, 15) is 0 Å². The summed E-state index contributed by atoms with van der Waals surface area (Å²) in [5.74, 6) is 1.98. The molecule has 0 aromatic carbocycles. The molecule has 0 aromatic rings. The van der Waals surface area contributed by atoms with Gasteiger partial charge in [0.2, 0.25) is 0 Å². The van der Waals surface area contributed by atoms with Crippen LogP contribution >= 0.6 is 0 Å². The Kier molecular flexibility index (Phi) is 27.9. The molecule has 0 amide bonds. The highest BCUT2D eigenvalue weighted by molar-refractivity contribution is 4.79. The van der Waals surface area contributed by atoms with Gasteiger partial charge in [-0.2, -0.15) is 0 Å². The molecule has 0 heterocycles. The van der Waals surface area contributed by atoms with Crippen molar-refractivity contribution in [2.75, 3.05) is 0 Å². The summed E-state index contributed by atoms with van der Waals surface area (Å²) in [7, 11) is 0. The molecule has 0 heteroatoms. The van der Waals surface area contributed by atoms with Gasteiger partial charge in [-0.25, -0.2) is 0 Å². The molecule has 1 fully saturated rings. The molecule has 112 valence electrons. The first kappa shape index (κ1) is 22.9. The summed E-state index contributed by atoms with van der Waals surface area (Å²) in [5, 5.41) is 0. The van der Waals surface area contributed by atoms with E-state index in [4.69, 9.17) is 0 Å². The molecule has 1 aliphatic carbocycles. The van der Waals surface area contributed by atoms with E-state index in [1.807, 2.05) is 27.7 Å². The Morgan fingerprint density at radius 1 is 1.00 bits per heavy atom. The highest BCUT2D eigenvalue weighted by Gasteiger charge is 2.09. The quantitative estimate of drug-likeness (QED) is 0.465. The Morgan fingerprint density at radius 2 is 1.39 bits per heavy atom. The number of rotatable bonds is 4. The third kappa shape index (κ3) is 18.1. The van der Waals surface area contributed by atoms with E-state index in [-0.39, 0.29) is 0 Å². The van der Waals surface area contributed by atoms with Crippen molar-refractivity contribution in [3.05, 3.63) is 12.2 Å². The van der Waals surface area contributed by atoms with Crippen molar-refractivity contribution in [2.45, 2.75) is 93.9 Å². The minimum Gasteiger partial charge on any atom is -0.0917 e. The molecule has 0 radical (unpaired) electrons. The van der Waals surface area contributed by atoms with Gasteiger partial charge >= 0.3 is 0 Å². The SMILES string of the molecule is C/C=C/CC(CC)CC.CC.CC.CC1CCC1. The molecule has 1 rings (SSSR count). The number of hydrogen-bond acceptors (Lipinski definition) is 0. The van der Waals surface area contributed by atoms with Gasteiger partial charge in [-0.1, -0.05) is 92.7 Å². The van der Waals surface area contributed by atoms with E-state index in [0.29, 0.717) is 0 Å². The Balaban J connectivity index is -0.000000210. The predicted molar refractivity (Wildman–Crippen MR) is 89.2 cm³/mol. The molecule has 0 N–H and O–H groups in total. The van der Waals surface area contributed by atoms with E-state index in [1.165, 1.54) is 38.5 Å². The first-order chi connectivity index (χ1) is 8.74. The Morgan fingerprint density at radius 3 is 1.56 bits per heavy atom. The summed E-state index contributed by atoms with van der Waals surface area (Å²) in [6.07, 6.45) is 12.8. The molecule has 0 spiro atoms. The molecule has 1 aliphatic rings. The molecule has 18 heavy (non-hydrogen) atoms. The lowest BCUT2D eigenvalue weighted by Gasteiger charge is -2.18. The molecule has 0 saturated heterocycles. The van der Waals surface area contributed by atoms with Crippen LogP contribution in [0.5, 0.6) is 0 Å². The van der Waals surface area contributed by atoms with Gasteiger partial charge in [-0.05, 0) is 25.2 Å². The third-order valence-corrected chi connectivity index (χ3v) is 3.25. The van der Waals surface area contributed by atoms with Crippen molar-refractivity contribution < 1.29 is 0 Å². The van der Waals surface area contributed by atoms with Crippen LogP contribution < -0.4 is 0 Å². The summed E-state index contributed by atoms with van der Waals surface area (Å²) >= 11 is 0. The van der Waals surface area contributed by atoms with Gasteiger partial charge in [0, 0.05) is 0 Å². The van der Waals surface area contributed by atoms with Gasteiger partial charge in [-0.3, -0.25) is 0 Å². The molecule has 0 nitrogen and oxygen atoms in total. The zero-order valence-corrected chi connectivity index (χ0v) is 14.6. The average Bonchev–Trinajstić information content (AvgIpc) is 2.43. The summed E-state index contributed by atoms with van der Waals surface area (Å²) in [5.41, 5.74) is 0. The minimum atomic E-state index is 0.918. The second kappa shape index (κ2) is 22.0. The van der Waals surface area contributed by atoms with Crippen LogP contribution in [-0.2, 0) is 0 Å². The van der Waals surface area contributed by atoms with Crippen molar-refractivity contribution in [1.29, 1.82) is 0 Å². The lowest BCUT2D eigenvalue weighted by Crippen LogP contribution is -2.04. The third-order valence-electron chi connectivity index (χ3n) is 3.25. The molecule has 1 saturated carbocycles. The van der Waals surface area contributed by atoms with Crippen LogP contribution in [0.1, 0.15) is 93.9 Å². The van der Waals surface area contributed by atoms with Crippen LogP contribution in [0.2, 0.25) is 0 Å². The van der Waals surface area contributed by atoms with E-state index >= 15 is 0 Å². The van der Waals surface area contributed by atoms with Crippen LogP contribution in [0, 0.1) is 11.8 Å². The fraction of sp³-hybridized carbons (Fsp3) is 0.889. The highest BCUT2D eigenvalue weighted by Crippen LogP contribution is 2.24. The van der Waals surface area contributed by atoms with E-state index in [0.717, 1.165) is 11.8 Å². The average molecular weight is 257 g/mol. The summed E-state index contributed by atoms with van der Waals surface area (Å²) in [6.45, 7) is 16.9. The van der Waals surface area contributed by atoms with Crippen molar-refractivity contribution in [1.82, 2.24) is 0 Å². The smallest absolute Gasteiger partial charge is 0.0323 e. The van der Waals surface area contributed by atoms with Gasteiger partial charge in [0.05, 0.1) is 0 Å². The minimum absolute atomic E-state index is 0.918. The lowest BCUT2D eigenvalue weighted by atomic mass is 9.88. The largest absolute Gasteiger partial charge is 0.0917 e. The zero-order valence-electron chi connectivity index (χ0n) is 14.6. The molecule has 0 unspecified atom stereocenters. The summed E-state index contributed by atoms with van der Waals surface area (Å²) in [4.78, 5) is 0. The van der Waals surface area contributed by atoms with Crippen LogP contribution in [0.25, 0.3) is 0 Å². The Bertz CT molecular complexity index is 127. The van der Waals surface area contributed by atoms with Crippen LogP contribution in [0.4, 0.5) is 0 Å². The zero-order chi connectivity index (χ0) is 14.8. The Hall–Kier alpha value is -0.260. The lowest BCUT2D eigenvalue weighted by molar-refractivity contribution is 0.346. The maximum absolute atomic E-state index is 2.31. The summed E-state index contributed by atoms with van der Waals surface area (Å²) < 4.78 is 0. The van der Waals surface area contributed by atoms with Crippen LogP contribution in [0.3, 0.4) is 0 Å². The highest BCUT2D eigenvalue weighted by atomic mass is 14.1. The van der Waals surface area contributed by atoms with Gasteiger partial charge in [0.1, 0.15) is 0 Å². The van der Waals surface area contributed by atoms with Gasteiger partial charge < -0.3 is 0 Å².